The summed E-state index contributed by atoms with van der Waals surface area (Å²) in [5, 5.41) is 0. The maximum Gasteiger partial charge on any atom is 0.149 e. The molecule has 0 atom stereocenters. The molecule has 0 radical (unpaired) electrons. The molecular formula is C15H27NO. The van der Waals surface area contributed by atoms with Crippen molar-refractivity contribution in [3.05, 3.63) is 0 Å². The fraction of sp³-hybridized carbons (Fsp3) is 0.933. The molecular weight excluding hydrogens is 210 g/mol. The van der Waals surface area contributed by atoms with Gasteiger partial charge in [0.15, 0.2) is 0 Å². The lowest BCUT2D eigenvalue weighted by Gasteiger charge is -2.27. The number of ketones is 1. The second kappa shape index (κ2) is 5.99. The van der Waals surface area contributed by atoms with E-state index in [1.165, 1.54) is 32.1 Å². The first-order valence-corrected chi connectivity index (χ1v) is 7.43. The van der Waals surface area contributed by atoms with Crippen LogP contribution in [0, 0.1) is 11.8 Å². The van der Waals surface area contributed by atoms with Gasteiger partial charge in [-0.05, 0) is 31.6 Å². The van der Waals surface area contributed by atoms with E-state index < -0.39 is 0 Å². The van der Waals surface area contributed by atoms with Crippen LogP contribution in [0.5, 0.6) is 0 Å². The summed E-state index contributed by atoms with van der Waals surface area (Å²) >= 11 is 0. The first-order chi connectivity index (χ1) is 8.16. The van der Waals surface area contributed by atoms with Crippen molar-refractivity contribution in [1.29, 1.82) is 0 Å². The molecule has 98 valence electrons. The van der Waals surface area contributed by atoms with Crippen LogP contribution in [-0.2, 0) is 4.79 Å². The highest BCUT2D eigenvalue weighted by Crippen LogP contribution is 2.29. The fourth-order valence-corrected chi connectivity index (χ4v) is 3.01. The quantitative estimate of drug-likeness (QED) is 0.707. The Morgan fingerprint density at radius 3 is 2.29 bits per heavy atom. The molecule has 0 amide bonds. The Bertz CT molecular complexity index is 252. The molecule has 0 N–H and O–H groups in total. The van der Waals surface area contributed by atoms with Crippen molar-refractivity contribution < 1.29 is 4.79 Å². The van der Waals surface area contributed by atoms with Crippen LogP contribution in [-0.4, -0.2) is 29.8 Å². The minimum absolute atomic E-state index is 0.386. The number of carbonyl (C=O) groups is 1. The predicted octanol–water partition coefficient (Wildman–Crippen LogP) is 3.26. The molecule has 0 aromatic rings. The highest BCUT2D eigenvalue weighted by atomic mass is 16.1. The maximum absolute atomic E-state index is 12.3. The van der Waals surface area contributed by atoms with E-state index in [-0.39, 0.29) is 0 Å². The maximum atomic E-state index is 12.3. The summed E-state index contributed by atoms with van der Waals surface area (Å²) in [6.07, 6.45) is 8.80. The van der Waals surface area contributed by atoms with Gasteiger partial charge in [0.05, 0.1) is 6.54 Å². The van der Waals surface area contributed by atoms with Crippen LogP contribution in [0.25, 0.3) is 0 Å². The summed E-state index contributed by atoms with van der Waals surface area (Å²) in [6.45, 7) is 6.33. The highest BCUT2D eigenvalue weighted by molar-refractivity contribution is 5.83. The van der Waals surface area contributed by atoms with Gasteiger partial charge >= 0.3 is 0 Å². The van der Waals surface area contributed by atoms with Crippen LogP contribution in [0.15, 0.2) is 0 Å². The van der Waals surface area contributed by atoms with E-state index in [0.717, 1.165) is 32.0 Å². The summed E-state index contributed by atoms with van der Waals surface area (Å²) in [6, 6.07) is 0.727. The SMILES string of the molecule is CC(C)CN(CC(=O)C1CCCCC1)C1CC1. The van der Waals surface area contributed by atoms with Gasteiger partial charge in [0.1, 0.15) is 5.78 Å². The molecule has 0 spiro atoms. The average molecular weight is 237 g/mol. The number of nitrogens with zero attached hydrogens (tertiary/aromatic N) is 1. The van der Waals surface area contributed by atoms with E-state index in [9.17, 15) is 4.79 Å². The average Bonchev–Trinajstić information content (AvgIpc) is 3.12. The third kappa shape index (κ3) is 4.09. The van der Waals surface area contributed by atoms with Crippen LogP contribution < -0.4 is 0 Å². The zero-order valence-electron chi connectivity index (χ0n) is 11.5. The summed E-state index contributed by atoms with van der Waals surface area (Å²) < 4.78 is 0. The second-order valence-corrected chi connectivity index (χ2v) is 6.36. The molecule has 2 aliphatic carbocycles. The van der Waals surface area contributed by atoms with Gasteiger partial charge in [-0.1, -0.05) is 33.1 Å². The minimum atomic E-state index is 0.386. The molecule has 2 fully saturated rings. The van der Waals surface area contributed by atoms with E-state index >= 15 is 0 Å². The zero-order valence-corrected chi connectivity index (χ0v) is 11.5. The van der Waals surface area contributed by atoms with Gasteiger partial charge in [0.2, 0.25) is 0 Å². The smallest absolute Gasteiger partial charge is 0.149 e. The third-order valence-electron chi connectivity index (χ3n) is 4.08. The Balaban J connectivity index is 1.81. The van der Waals surface area contributed by atoms with Gasteiger partial charge in [-0.15, -0.1) is 0 Å². The standard InChI is InChI=1S/C15H27NO/c1-12(2)10-16(14-8-9-14)11-15(17)13-6-4-3-5-7-13/h12-14H,3-11H2,1-2H3. The van der Waals surface area contributed by atoms with Gasteiger partial charge in [0.25, 0.3) is 0 Å². The van der Waals surface area contributed by atoms with Crippen molar-refractivity contribution in [3.8, 4) is 0 Å². The Morgan fingerprint density at radius 1 is 1.12 bits per heavy atom. The van der Waals surface area contributed by atoms with Crippen molar-refractivity contribution in [1.82, 2.24) is 4.90 Å². The molecule has 2 nitrogen and oxygen atoms in total. The van der Waals surface area contributed by atoms with Crippen molar-refractivity contribution in [3.63, 3.8) is 0 Å². The lowest BCUT2D eigenvalue weighted by atomic mass is 9.86. The fourth-order valence-electron chi connectivity index (χ4n) is 3.01. The van der Waals surface area contributed by atoms with Crippen LogP contribution in [0.3, 0.4) is 0 Å². The highest BCUT2D eigenvalue weighted by Gasteiger charge is 2.32. The van der Waals surface area contributed by atoms with E-state index in [2.05, 4.69) is 18.7 Å². The first kappa shape index (κ1) is 13.1. The van der Waals surface area contributed by atoms with Crippen LogP contribution in [0.2, 0.25) is 0 Å². The monoisotopic (exact) mass is 237 g/mol. The molecule has 17 heavy (non-hydrogen) atoms. The molecule has 0 aromatic carbocycles. The summed E-state index contributed by atoms with van der Waals surface area (Å²) in [5.74, 6) is 1.59. The Morgan fingerprint density at radius 2 is 1.76 bits per heavy atom. The Labute approximate surface area is 106 Å². The van der Waals surface area contributed by atoms with Crippen LogP contribution >= 0.6 is 0 Å². The Kier molecular flexibility index (Phi) is 4.61. The van der Waals surface area contributed by atoms with Crippen molar-refractivity contribution in [2.75, 3.05) is 13.1 Å². The van der Waals surface area contributed by atoms with E-state index in [1.54, 1.807) is 0 Å². The molecule has 0 unspecified atom stereocenters. The number of hydrogen-bond acceptors (Lipinski definition) is 2. The predicted molar refractivity (Wildman–Crippen MR) is 71.0 cm³/mol. The van der Waals surface area contributed by atoms with Crippen LogP contribution in [0.1, 0.15) is 58.8 Å². The Hall–Kier alpha value is -0.370. The number of carbonyl (C=O) groups excluding carboxylic acids is 1. The topological polar surface area (TPSA) is 20.3 Å². The molecule has 0 heterocycles. The van der Waals surface area contributed by atoms with Crippen molar-refractivity contribution >= 4 is 5.78 Å². The molecule has 2 rings (SSSR count). The lowest BCUT2D eigenvalue weighted by Crippen LogP contribution is -2.37. The third-order valence-corrected chi connectivity index (χ3v) is 4.08. The number of rotatable bonds is 6. The van der Waals surface area contributed by atoms with Gasteiger partial charge in [-0.25, -0.2) is 0 Å². The summed E-state index contributed by atoms with van der Waals surface area (Å²) in [7, 11) is 0. The molecule has 2 heteroatoms. The van der Waals surface area contributed by atoms with Gasteiger partial charge in [-0.3, -0.25) is 9.69 Å². The van der Waals surface area contributed by atoms with E-state index in [0.29, 0.717) is 17.6 Å². The van der Waals surface area contributed by atoms with E-state index in [1.807, 2.05) is 0 Å². The number of hydrogen-bond donors (Lipinski definition) is 0. The van der Waals surface area contributed by atoms with Crippen molar-refractivity contribution in [2.24, 2.45) is 11.8 Å². The molecule has 0 saturated heterocycles. The minimum Gasteiger partial charge on any atom is -0.298 e. The van der Waals surface area contributed by atoms with E-state index in [4.69, 9.17) is 0 Å². The number of Topliss-reactive ketones (excluding diaryl/α,β-unsaturated/α-hetero) is 1. The van der Waals surface area contributed by atoms with Crippen LogP contribution in [0.4, 0.5) is 0 Å². The molecule has 0 aromatic heterocycles. The first-order valence-electron chi connectivity index (χ1n) is 7.43. The zero-order chi connectivity index (χ0) is 12.3. The second-order valence-electron chi connectivity index (χ2n) is 6.36. The largest absolute Gasteiger partial charge is 0.298 e. The summed E-state index contributed by atoms with van der Waals surface area (Å²) in [5.41, 5.74) is 0. The lowest BCUT2D eigenvalue weighted by molar-refractivity contribution is -0.125. The molecule has 2 saturated carbocycles. The molecule has 0 aliphatic heterocycles. The molecule has 0 bridgehead atoms. The summed E-state index contributed by atoms with van der Waals surface area (Å²) in [4.78, 5) is 14.7. The van der Waals surface area contributed by atoms with Gasteiger partial charge in [0, 0.05) is 18.5 Å². The van der Waals surface area contributed by atoms with Crippen molar-refractivity contribution in [2.45, 2.75) is 64.8 Å². The van der Waals surface area contributed by atoms with Gasteiger partial charge in [-0.2, -0.15) is 0 Å². The molecule has 2 aliphatic rings. The van der Waals surface area contributed by atoms with Gasteiger partial charge < -0.3 is 0 Å². The normalized spacial score (nSPS) is 22.4.